The zero-order valence-electron chi connectivity index (χ0n) is 11.2. The summed E-state index contributed by atoms with van der Waals surface area (Å²) in [6.07, 6.45) is 0.595. The largest absolute Gasteiger partial charge is 0.481 e. The lowest BCUT2D eigenvalue weighted by Gasteiger charge is -2.12. The second-order valence-corrected chi connectivity index (χ2v) is 5.76. The molecule has 0 bridgehead atoms. The summed E-state index contributed by atoms with van der Waals surface area (Å²) < 4.78 is 0. The number of hydrogen-bond acceptors (Lipinski definition) is 2. The van der Waals surface area contributed by atoms with E-state index < -0.39 is 5.97 Å². The molecule has 1 atom stereocenters. The van der Waals surface area contributed by atoms with Crippen LogP contribution >= 0.6 is 11.8 Å². The minimum atomic E-state index is -0.714. The highest BCUT2D eigenvalue weighted by Crippen LogP contribution is 2.19. The van der Waals surface area contributed by atoms with E-state index in [2.05, 4.69) is 12.1 Å². The molecule has 2 rings (SSSR count). The Morgan fingerprint density at radius 3 is 2.05 bits per heavy atom. The number of rotatable bonds is 7. The number of benzene rings is 2. The number of hydrogen-bond donors (Lipinski definition) is 1. The molecule has 0 unspecified atom stereocenters. The van der Waals surface area contributed by atoms with Gasteiger partial charge in [-0.25, -0.2) is 0 Å². The molecule has 0 fully saturated rings. The Balaban J connectivity index is 1.85. The van der Waals surface area contributed by atoms with Gasteiger partial charge in [-0.1, -0.05) is 60.7 Å². The Labute approximate surface area is 123 Å². The van der Waals surface area contributed by atoms with Crippen LogP contribution in [0.2, 0.25) is 0 Å². The average Bonchev–Trinajstić information content (AvgIpc) is 2.48. The highest BCUT2D eigenvalue weighted by Gasteiger charge is 2.17. The predicted molar refractivity (Wildman–Crippen MR) is 83.9 cm³/mol. The van der Waals surface area contributed by atoms with Crippen LogP contribution in [-0.4, -0.2) is 16.8 Å². The lowest BCUT2D eigenvalue weighted by Crippen LogP contribution is -2.19. The van der Waals surface area contributed by atoms with Crippen LogP contribution in [0.3, 0.4) is 0 Å². The van der Waals surface area contributed by atoms with Crippen LogP contribution in [0.4, 0.5) is 0 Å². The summed E-state index contributed by atoms with van der Waals surface area (Å²) in [5, 5.41) is 9.32. The second kappa shape index (κ2) is 7.75. The molecule has 0 aromatic heterocycles. The van der Waals surface area contributed by atoms with Crippen molar-refractivity contribution in [1.29, 1.82) is 0 Å². The molecule has 0 saturated carbocycles. The monoisotopic (exact) mass is 286 g/mol. The van der Waals surface area contributed by atoms with Crippen LogP contribution in [0.25, 0.3) is 0 Å². The molecule has 0 aliphatic rings. The Morgan fingerprint density at radius 1 is 0.950 bits per heavy atom. The molecule has 104 valence electrons. The van der Waals surface area contributed by atoms with E-state index in [0.29, 0.717) is 12.2 Å². The molecule has 3 heteroatoms. The molecule has 0 amide bonds. The van der Waals surface area contributed by atoms with Gasteiger partial charge in [-0.05, 0) is 17.5 Å². The van der Waals surface area contributed by atoms with Gasteiger partial charge in [-0.15, -0.1) is 0 Å². The van der Waals surface area contributed by atoms with Gasteiger partial charge in [0.15, 0.2) is 0 Å². The van der Waals surface area contributed by atoms with E-state index in [0.717, 1.165) is 11.3 Å². The van der Waals surface area contributed by atoms with Crippen LogP contribution in [0.5, 0.6) is 0 Å². The van der Waals surface area contributed by atoms with Gasteiger partial charge >= 0.3 is 5.97 Å². The quantitative estimate of drug-likeness (QED) is 0.839. The minimum absolute atomic E-state index is 0.328. The van der Waals surface area contributed by atoms with Crippen molar-refractivity contribution < 1.29 is 9.90 Å². The van der Waals surface area contributed by atoms with Crippen LogP contribution < -0.4 is 0 Å². The van der Waals surface area contributed by atoms with Crippen molar-refractivity contribution in [3.63, 3.8) is 0 Å². The van der Waals surface area contributed by atoms with Crippen LogP contribution in [0.15, 0.2) is 60.7 Å². The summed E-state index contributed by atoms with van der Waals surface area (Å²) >= 11 is 1.68. The Hall–Kier alpha value is -1.74. The molecule has 0 radical (unpaired) electrons. The van der Waals surface area contributed by atoms with Gasteiger partial charge in [0.1, 0.15) is 0 Å². The first-order valence-electron chi connectivity index (χ1n) is 6.64. The van der Waals surface area contributed by atoms with Gasteiger partial charge in [0.05, 0.1) is 5.92 Å². The molecular weight excluding hydrogens is 268 g/mol. The highest BCUT2D eigenvalue weighted by atomic mass is 32.2. The van der Waals surface area contributed by atoms with E-state index in [1.165, 1.54) is 5.56 Å². The summed E-state index contributed by atoms with van der Waals surface area (Å²) in [6, 6.07) is 20.0. The molecule has 0 aliphatic carbocycles. The number of carbonyl (C=O) groups is 1. The molecule has 1 N–H and O–H groups in total. The highest BCUT2D eigenvalue weighted by molar-refractivity contribution is 7.98. The summed E-state index contributed by atoms with van der Waals surface area (Å²) in [5.74, 6) is 0.457. The van der Waals surface area contributed by atoms with Crippen molar-refractivity contribution in [3.05, 3.63) is 71.8 Å². The lowest BCUT2D eigenvalue weighted by molar-refractivity contribution is -0.140. The summed E-state index contributed by atoms with van der Waals surface area (Å²) in [7, 11) is 0. The van der Waals surface area contributed by atoms with Crippen molar-refractivity contribution in [2.75, 3.05) is 5.75 Å². The second-order valence-electron chi connectivity index (χ2n) is 4.73. The van der Waals surface area contributed by atoms with Crippen molar-refractivity contribution in [2.24, 2.45) is 5.92 Å². The van der Waals surface area contributed by atoms with Crippen molar-refractivity contribution in [2.45, 2.75) is 12.2 Å². The van der Waals surface area contributed by atoms with Crippen LogP contribution in [-0.2, 0) is 17.0 Å². The molecule has 0 saturated heterocycles. The fraction of sp³-hybridized carbons (Fsp3) is 0.235. The average molecular weight is 286 g/mol. The molecule has 0 spiro atoms. The Morgan fingerprint density at radius 2 is 1.50 bits per heavy atom. The third-order valence-corrected chi connectivity index (χ3v) is 4.28. The van der Waals surface area contributed by atoms with Gasteiger partial charge in [-0.2, -0.15) is 11.8 Å². The molecule has 0 heterocycles. The van der Waals surface area contributed by atoms with Gasteiger partial charge in [0.2, 0.25) is 0 Å². The summed E-state index contributed by atoms with van der Waals surface area (Å²) in [5.41, 5.74) is 2.32. The Kier molecular flexibility index (Phi) is 5.69. The molecular formula is C17H18O2S. The smallest absolute Gasteiger partial charge is 0.307 e. The third kappa shape index (κ3) is 4.74. The fourth-order valence-electron chi connectivity index (χ4n) is 2.01. The van der Waals surface area contributed by atoms with Crippen LogP contribution in [0, 0.1) is 5.92 Å². The maximum absolute atomic E-state index is 11.3. The first kappa shape index (κ1) is 14.7. The minimum Gasteiger partial charge on any atom is -0.481 e. The van der Waals surface area contributed by atoms with Gasteiger partial charge in [0.25, 0.3) is 0 Å². The van der Waals surface area contributed by atoms with E-state index in [1.807, 2.05) is 48.5 Å². The maximum Gasteiger partial charge on any atom is 0.307 e. The maximum atomic E-state index is 11.3. The van der Waals surface area contributed by atoms with Gasteiger partial charge in [-0.3, -0.25) is 4.79 Å². The number of carboxylic acid groups (broad SMARTS) is 1. The molecule has 2 nitrogen and oxygen atoms in total. The standard InChI is InChI=1S/C17H18O2S/c18-17(19)16(11-14-7-3-1-4-8-14)13-20-12-15-9-5-2-6-10-15/h1-10,16H,11-13H2,(H,18,19)/t16-/m1/s1. The van der Waals surface area contributed by atoms with Gasteiger partial charge < -0.3 is 5.11 Å². The first-order chi connectivity index (χ1) is 9.75. The number of thioether (sulfide) groups is 1. The Bertz CT molecular complexity index is 525. The lowest BCUT2D eigenvalue weighted by atomic mass is 10.0. The van der Waals surface area contributed by atoms with E-state index in [-0.39, 0.29) is 5.92 Å². The zero-order chi connectivity index (χ0) is 14.2. The number of aliphatic carboxylic acids is 1. The van der Waals surface area contributed by atoms with Crippen molar-refractivity contribution in [1.82, 2.24) is 0 Å². The fourth-order valence-corrected chi connectivity index (χ4v) is 3.10. The number of carboxylic acids is 1. The van der Waals surface area contributed by atoms with Crippen molar-refractivity contribution in [3.8, 4) is 0 Å². The zero-order valence-corrected chi connectivity index (χ0v) is 12.1. The SMILES string of the molecule is O=C(O)[C@@H](CSCc1ccccc1)Cc1ccccc1. The van der Waals surface area contributed by atoms with Crippen molar-refractivity contribution >= 4 is 17.7 Å². The topological polar surface area (TPSA) is 37.3 Å². The first-order valence-corrected chi connectivity index (χ1v) is 7.79. The summed E-state index contributed by atoms with van der Waals surface area (Å²) in [4.78, 5) is 11.3. The third-order valence-electron chi connectivity index (χ3n) is 3.10. The summed E-state index contributed by atoms with van der Waals surface area (Å²) in [6.45, 7) is 0. The predicted octanol–water partition coefficient (Wildman–Crippen LogP) is 3.86. The normalized spacial score (nSPS) is 12.0. The van der Waals surface area contributed by atoms with Gasteiger partial charge in [0, 0.05) is 11.5 Å². The molecule has 20 heavy (non-hydrogen) atoms. The molecule has 0 aliphatic heterocycles. The van der Waals surface area contributed by atoms with E-state index in [4.69, 9.17) is 0 Å². The molecule has 2 aromatic carbocycles. The van der Waals surface area contributed by atoms with Crippen LogP contribution in [0.1, 0.15) is 11.1 Å². The van der Waals surface area contributed by atoms with E-state index >= 15 is 0 Å². The van der Waals surface area contributed by atoms with E-state index in [9.17, 15) is 9.90 Å². The van der Waals surface area contributed by atoms with E-state index in [1.54, 1.807) is 11.8 Å². The molecule has 2 aromatic rings.